The number of nitrogens with one attached hydrogen (secondary N) is 1. The van der Waals surface area contributed by atoms with Gasteiger partial charge in [-0.3, -0.25) is 9.48 Å². The molecule has 2 heterocycles. The van der Waals surface area contributed by atoms with E-state index in [9.17, 15) is 10.1 Å². The number of nitrogens with zero attached hydrogens (tertiary/aromatic N) is 4. The smallest absolute Gasteiger partial charge is 0.207 e. The third kappa shape index (κ3) is 3.13. The fourth-order valence-corrected chi connectivity index (χ4v) is 2.97. The molecular weight excluding hydrogens is 326 g/mol. The zero-order valence-electron chi connectivity index (χ0n) is 15.7. The van der Waals surface area contributed by atoms with Crippen molar-refractivity contribution in [3.05, 3.63) is 47.5 Å². The maximum Gasteiger partial charge on any atom is 0.207 e. The standard InChI is InChI=1S/C20H23N5O/c1-12(2)17-10-16(24-25(17)20(3,4)5)18(26)13(11-21)19-22-14-8-6-7-9-15(14)23-19/h6-10,12-13H,1-5H3,(H,22,23). The summed E-state index contributed by atoms with van der Waals surface area (Å²) in [4.78, 5) is 20.5. The molecule has 0 aliphatic heterocycles. The van der Waals surface area contributed by atoms with Crippen molar-refractivity contribution in [1.82, 2.24) is 19.7 Å². The van der Waals surface area contributed by atoms with Gasteiger partial charge in [-0.2, -0.15) is 10.4 Å². The summed E-state index contributed by atoms with van der Waals surface area (Å²) in [6.45, 7) is 10.3. The topological polar surface area (TPSA) is 87.4 Å². The highest BCUT2D eigenvalue weighted by Crippen LogP contribution is 2.26. The average molecular weight is 349 g/mol. The highest BCUT2D eigenvalue weighted by molar-refractivity contribution is 6.01. The van der Waals surface area contributed by atoms with Gasteiger partial charge in [0.1, 0.15) is 11.5 Å². The minimum Gasteiger partial charge on any atom is -0.340 e. The number of nitriles is 1. The molecular formula is C20H23N5O. The van der Waals surface area contributed by atoms with Gasteiger partial charge >= 0.3 is 0 Å². The van der Waals surface area contributed by atoms with Crippen molar-refractivity contribution in [2.45, 2.75) is 52.0 Å². The van der Waals surface area contributed by atoms with Crippen LogP contribution in [0.1, 0.15) is 68.5 Å². The van der Waals surface area contributed by atoms with Gasteiger partial charge in [0.15, 0.2) is 5.92 Å². The first-order valence-electron chi connectivity index (χ1n) is 8.71. The Morgan fingerprint density at radius 1 is 1.27 bits per heavy atom. The molecule has 1 N–H and O–H groups in total. The molecule has 1 aromatic carbocycles. The molecule has 6 heteroatoms. The normalized spacial score (nSPS) is 13.1. The quantitative estimate of drug-likeness (QED) is 0.717. The van der Waals surface area contributed by atoms with E-state index in [1.807, 2.05) is 49.7 Å². The van der Waals surface area contributed by atoms with Crippen molar-refractivity contribution >= 4 is 16.8 Å². The van der Waals surface area contributed by atoms with Crippen LogP contribution in [0.5, 0.6) is 0 Å². The molecule has 2 aromatic heterocycles. The van der Waals surface area contributed by atoms with Gasteiger partial charge in [-0.25, -0.2) is 4.98 Å². The first kappa shape index (κ1) is 17.9. The Hall–Kier alpha value is -2.94. The molecule has 0 bridgehead atoms. The number of hydrogen-bond donors (Lipinski definition) is 1. The molecule has 1 atom stereocenters. The maximum atomic E-state index is 13.0. The molecule has 134 valence electrons. The number of benzene rings is 1. The van der Waals surface area contributed by atoms with Crippen LogP contribution in [0.3, 0.4) is 0 Å². The Labute approximate surface area is 152 Å². The maximum absolute atomic E-state index is 13.0. The second kappa shape index (κ2) is 6.41. The van der Waals surface area contributed by atoms with Crippen LogP contribution in [-0.4, -0.2) is 25.5 Å². The molecule has 1 unspecified atom stereocenters. The summed E-state index contributed by atoms with van der Waals surface area (Å²) in [6.07, 6.45) is 0. The van der Waals surface area contributed by atoms with Crippen LogP contribution >= 0.6 is 0 Å². The van der Waals surface area contributed by atoms with Gasteiger partial charge in [0.25, 0.3) is 0 Å². The van der Waals surface area contributed by atoms with Crippen LogP contribution in [0.2, 0.25) is 0 Å². The van der Waals surface area contributed by atoms with Crippen LogP contribution < -0.4 is 0 Å². The number of para-hydroxylation sites is 2. The molecule has 3 rings (SSSR count). The monoisotopic (exact) mass is 349 g/mol. The van der Waals surface area contributed by atoms with Gasteiger partial charge < -0.3 is 4.98 Å². The number of ketones is 1. The van der Waals surface area contributed by atoms with Crippen molar-refractivity contribution in [1.29, 1.82) is 5.26 Å². The summed E-state index contributed by atoms with van der Waals surface area (Å²) in [5.74, 6) is -0.771. The average Bonchev–Trinajstić information content (AvgIpc) is 3.19. The Morgan fingerprint density at radius 2 is 1.96 bits per heavy atom. The van der Waals surface area contributed by atoms with Crippen molar-refractivity contribution in [2.24, 2.45) is 0 Å². The van der Waals surface area contributed by atoms with Gasteiger partial charge in [0.05, 0.1) is 22.6 Å². The number of carbonyl (C=O) groups is 1. The second-order valence-electron chi connectivity index (χ2n) is 7.76. The zero-order valence-corrected chi connectivity index (χ0v) is 15.7. The summed E-state index contributed by atoms with van der Waals surface area (Å²) >= 11 is 0. The van der Waals surface area contributed by atoms with E-state index in [0.717, 1.165) is 16.7 Å². The van der Waals surface area contributed by atoms with Crippen LogP contribution in [0.25, 0.3) is 11.0 Å². The number of H-pyrrole nitrogens is 1. The van der Waals surface area contributed by atoms with Crippen molar-refractivity contribution in [3.8, 4) is 6.07 Å². The SMILES string of the molecule is CC(C)c1cc(C(=O)C(C#N)c2nc3ccccc3[nH]2)nn1C(C)(C)C. The molecule has 0 amide bonds. The van der Waals surface area contributed by atoms with E-state index >= 15 is 0 Å². The molecule has 6 nitrogen and oxygen atoms in total. The molecule has 3 aromatic rings. The molecule has 0 spiro atoms. The number of carbonyl (C=O) groups excluding carboxylic acids is 1. The lowest BCUT2D eigenvalue weighted by molar-refractivity contribution is 0.0970. The molecule has 0 aliphatic carbocycles. The van der Waals surface area contributed by atoms with E-state index in [2.05, 4.69) is 35.0 Å². The van der Waals surface area contributed by atoms with Crippen LogP contribution in [0.4, 0.5) is 0 Å². The largest absolute Gasteiger partial charge is 0.340 e. The molecule has 0 saturated carbocycles. The molecule has 26 heavy (non-hydrogen) atoms. The summed E-state index contributed by atoms with van der Waals surface area (Å²) in [6, 6.07) is 11.3. The molecule has 0 aliphatic rings. The first-order chi connectivity index (χ1) is 12.2. The first-order valence-corrected chi connectivity index (χ1v) is 8.71. The van der Waals surface area contributed by atoms with Crippen LogP contribution in [-0.2, 0) is 5.54 Å². The van der Waals surface area contributed by atoms with Crippen molar-refractivity contribution < 1.29 is 4.79 Å². The number of aromatic nitrogens is 4. The van der Waals surface area contributed by atoms with Crippen LogP contribution in [0, 0.1) is 11.3 Å². The van der Waals surface area contributed by atoms with Gasteiger partial charge in [-0.05, 0) is 44.9 Å². The van der Waals surface area contributed by atoms with E-state index < -0.39 is 5.92 Å². The Kier molecular flexibility index (Phi) is 4.41. The highest BCUT2D eigenvalue weighted by Gasteiger charge is 2.30. The second-order valence-corrected chi connectivity index (χ2v) is 7.76. The van der Waals surface area contributed by atoms with Gasteiger partial charge in [-0.1, -0.05) is 26.0 Å². The third-order valence-electron chi connectivity index (χ3n) is 4.29. The number of imidazole rings is 1. The van der Waals surface area contributed by atoms with Gasteiger partial charge in [0.2, 0.25) is 5.78 Å². The highest BCUT2D eigenvalue weighted by atomic mass is 16.1. The van der Waals surface area contributed by atoms with E-state index in [0.29, 0.717) is 11.5 Å². The minimum absolute atomic E-state index is 0.218. The van der Waals surface area contributed by atoms with E-state index in [4.69, 9.17) is 0 Å². The van der Waals surface area contributed by atoms with E-state index in [1.54, 1.807) is 6.07 Å². The predicted octanol–water partition coefficient (Wildman–Crippen LogP) is 4.13. The third-order valence-corrected chi connectivity index (χ3v) is 4.29. The lowest BCUT2D eigenvalue weighted by atomic mass is 10.0. The van der Waals surface area contributed by atoms with E-state index in [-0.39, 0.29) is 17.2 Å². The van der Waals surface area contributed by atoms with E-state index in [1.165, 1.54) is 0 Å². The number of fused-ring (bicyclic) bond motifs is 1. The number of hydrogen-bond acceptors (Lipinski definition) is 4. The lowest BCUT2D eigenvalue weighted by Gasteiger charge is -2.23. The summed E-state index contributed by atoms with van der Waals surface area (Å²) in [5, 5.41) is 14.1. The van der Waals surface area contributed by atoms with Gasteiger partial charge in [-0.15, -0.1) is 0 Å². The molecule has 0 radical (unpaired) electrons. The Morgan fingerprint density at radius 3 is 2.50 bits per heavy atom. The lowest BCUT2D eigenvalue weighted by Crippen LogP contribution is -2.26. The summed E-state index contributed by atoms with van der Waals surface area (Å²) in [7, 11) is 0. The number of aromatic amines is 1. The molecule has 0 fully saturated rings. The van der Waals surface area contributed by atoms with Crippen LogP contribution in [0.15, 0.2) is 30.3 Å². The fraction of sp³-hybridized carbons (Fsp3) is 0.400. The molecule has 0 saturated heterocycles. The number of rotatable bonds is 4. The zero-order chi connectivity index (χ0) is 19.1. The Balaban J connectivity index is 2.03. The number of Topliss-reactive ketones (excluding diaryl/α,β-unsaturated/α-hetero) is 1. The summed E-state index contributed by atoms with van der Waals surface area (Å²) < 4.78 is 1.87. The summed E-state index contributed by atoms with van der Waals surface area (Å²) in [5.41, 5.74) is 2.56. The fourth-order valence-electron chi connectivity index (χ4n) is 2.97. The van der Waals surface area contributed by atoms with Gasteiger partial charge in [0, 0.05) is 5.69 Å². The predicted molar refractivity (Wildman–Crippen MR) is 100 cm³/mol. The van der Waals surface area contributed by atoms with Crippen molar-refractivity contribution in [2.75, 3.05) is 0 Å². The van der Waals surface area contributed by atoms with Crippen molar-refractivity contribution in [3.63, 3.8) is 0 Å². The minimum atomic E-state index is -1.01. The Bertz CT molecular complexity index is 964.